The van der Waals surface area contributed by atoms with Crippen molar-refractivity contribution >= 4 is 0 Å². The van der Waals surface area contributed by atoms with E-state index >= 15 is 0 Å². The van der Waals surface area contributed by atoms with Gasteiger partial charge >= 0.3 is 0 Å². The summed E-state index contributed by atoms with van der Waals surface area (Å²) < 4.78 is 5.34. The molecule has 3 atom stereocenters. The van der Waals surface area contributed by atoms with E-state index in [1.165, 1.54) is 19.3 Å². The van der Waals surface area contributed by atoms with Crippen LogP contribution < -0.4 is 0 Å². The first-order valence-corrected chi connectivity index (χ1v) is 8.69. The van der Waals surface area contributed by atoms with Gasteiger partial charge in [-0.15, -0.1) is 0 Å². The number of aliphatic hydroxyl groups excluding tert-OH is 1. The van der Waals surface area contributed by atoms with Crippen LogP contribution in [0.5, 0.6) is 0 Å². The van der Waals surface area contributed by atoms with Crippen LogP contribution in [0.25, 0.3) is 0 Å². The molecule has 0 radical (unpaired) electrons. The molecule has 0 aromatic rings. The Morgan fingerprint density at radius 2 is 1.95 bits per heavy atom. The highest BCUT2D eigenvalue weighted by atomic mass is 16.5. The minimum Gasteiger partial charge on any atom is -0.393 e. The first kappa shape index (κ1) is 17.2. The fourth-order valence-electron chi connectivity index (χ4n) is 4.09. The van der Waals surface area contributed by atoms with Crippen molar-refractivity contribution in [3.05, 3.63) is 0 Å². The summed E-state index contributed by atoms with van der Waals surface area (Å²) in [6, 6.07) is 0. The van der Waals surface area contributed by atoms with Crippen LogP contribution >= 0.6 is 0 Å². The molecular weight excluding hydrogens is 266 g/mol. The zero-order valence-corrected chi connectivity index (χ0v) is 13.8. The van der Waals surface area contributed by atoms with Gasteiger partial charge in [-0.1, -0.05) is 19.8 Å². The van der Waals surface area contributed by atoms with Crippen molar-refractivity contribution in [3.8, 4) is 0 Å². The average molecular weight is 299 g/mol. The lowest BCUT2D eigenvalue weighted by atomic mass is 9.77. The van der Waals surface area contributed by atoms with Crippen molar-refractivity contribution in [1.29, 1.82) is 0 Å². The summed E-state index contributed by atoms with van der Waals surface area (Å²) in [5.74, 6) is 1.15. The molecule has 2 aliphatic rings. The van der Waals surface area contributed by atoms with Gasteiger partial charge in [0.05, 0.1) is 11.7 Å². The normalized spacial score (nSPS) is 33.3. The molecule has 1 saturated carbocycles. The van der Waals surface area contributed by atoms with E-state index in [2.05, 4.69) is 18.9 Å². The Bertz CT molecular complexity index is 304. The molecule has 2 rings (SSSR count). The van der Waals surface area contributed by atoms with Crippen LogP contribution in [-0.4, -0.2) is 60.2 Å². The molecule has 0 amide bonds. The van der Waals surface area contributed by atoms with Gasteiger partial charge in [0.1, 0.15) is 0 Å². The van der Waals surface area contributed by atoms with E-state index in [1.807, 2.05) is 0 Å². The summed E-state index contributed by atoms with van der Waals surface area (Å²) in [4.78, 5) is 2.22. The molecular formula is C17H33NO3. The van der Waals surface area contributed by atoms with Gasteiger partial charge < -0.3 is 19.8 Å². The maximum atomic E-state index is 10.6. The van der Waals surface area contributed by atoms with Crippen molar-refractivity contribution in [2.75, 3.05) is 33.4 Å². The molecule has 1 aliphatic heterocycles. The highest BCUT2D eigenvalue weighted by Gasteiger charge is 2.34. The Kier molecular flexibility index (Phi) is 6.48. The molecule has 3 unspecified atom stereocenters. The zero-order valence-electron chi connectivity index (χ0n) is 13.8. The fraction of sp³-hybridized carbons (Fsp3) is 1.00. The van der Waals surface area contributed by atoms with E-state index in [0.29, 0.717) is 25.7 Å². The van der Waals surface area contributed by atoms with Gasteiger partial charge in [0, 0.05) is 39.1 Å². The highest BCUT2D eigenvalue weighted by Crippen LogP contribution is 2.33. The quantitative estimate of drug-likeness (QED) is 0.788. The zero-order chi connectivity index (χ0) is 15.3. The number of hydrogen-bond donors (Lipinski definition) is 2. The summed E-state index contributed by atoms with van der Waals surface area (Å²) in [5.41, 5.74) is -0.602. The number of nitrogens with zero attached hydrogens (tertiary/aromatic N) is 1. The van der Waals surface area contributed by atoms with Gasteiger partial charge in [-0.05, 0) is 38.1 Å². The lowest BCUT2D eigenvalue weighted by molar-refractivity contribution is -0.0814. The van der Waals surface area contributed by atoms with Crippen molar-refractivity contribution in [2.45, 2.75) is 63.6 Å². The molecule has 21 heavy (non-hydrogen) atoms. The highest BCUT2D eigenvalue weighted by molar-refractivity contribution is 4.86. The van der Waals surface area contributed by atoms with Gasteiger partial charge in [0.25, 0.3) is 0 Å². The van der Waals surface area contributed by atoms with Crippen LogP contribution in [0, 0.1) is 11.8 Å². The monoisotopic (exact) mass is 299 g/mol. The van der Waals surface area contributed by atoms with Gasteiger partial charge in [-0.2, -0.15) is 0 Å². The van der Waals surface area contributed by atoms with Crippen LogP contribution in [0.1, 0.15) is 51.9 Å². The van der Waals surface area contributed by atoms with E-state index in [1.54, 1.807) is 0 Å². The summed E-state index contributed by atoms with van der Waals surface area (Å²) in [7, 11) is 2.07. The topological polar surface area (TPSA) is 52.9 Å². The second-order valence-electron chi connectivity index (χ2n) is 7.33. The maximum absolute atomic E-state index is 10.6. The molecule has 124 valence electrons. The molecule has 0 aromatic carbocycles. The molecule has 1 heterocycles. The molecule has 4 heteroatoms. The van der Waals surface area contributed by atoms with Crippen LogP contribution in [0.3, 0.4) is 0 Å². The minimum absolute atomic E-state index is 0.162. The van der Waals surface area contributed by atoms with E-state index in [-0.39, 0.29) is 6.10 Å². The van der Waals surface area contributed by atoms with Crippen LogP contribution in [-0.2, 0) is 4.74 Å². The Balaban J connectivity index is 1.81. The second-order valence-corrected chi connectivity index (χ2v) is 7.33. The summed E-state index contributed by atoms with van der Waals surface area (Å²) >= 11 is 0. The van der Waals surface area contributed by atoms with Crippen molar-refractivity contribution < 1.29 is 14.9 Å². The molecule has 1 saturated heterocycles. The number of likely N-dealkylation sites (N-methyl/N-ethyl adjacent to an activating group) is 1. The predicted octanol–water partition coefficient (Wildman–Crippen LogP) is 2.04. The third kappa shape index (κ3) is 5.20. The van der Waals surface area contributed by atoms with Crippen LogP contribution in [0.15, 0.2) is 0 Å². The second kappa shape index (κ2) is 7.91. The average Bonchev–Trinajstić information content (AvgIpc) is 2.43. The summed E-state index contributed by atoms with van der Waals surface area (Å²) in [6.07, 6.45) is 7.08. The molecule has 4 nitrogen and oxygen atoms in total. The molecule has 2 N–H and O–H groups in total. The molecule has 0 bridgehead atoms. The van der Waals surface area contributed by atoms with Gasteiger partial charge in [-0.3, -0.25) is 0 Å². The third-order valence-corrected chi connectivity index (χ3v) is 5.28. The van der Waals surface area contributed by atoms with Crippen molar-refractivity contribution in [2.24, 2.45) is 11.8 Å². The third-order valence-electron chi connectivity index (χ3n) is 5.28. The lowest BCUT2D eigenvalue weighted by Gasteiger charge is -2.39. The summed E-state index contributed by atoms with van der Waals surface area (Å²) in [6.45, 7) is 5.15. The Morgan fingerprint density at radius 3 is 2.62 bits per heavy atom. The smallest absolute Gasteiger partial charge is 0.0817 e. The summed E-state index contributed by atoms with van der Waals surface area (Å²) in [5, 5.41) is 20.9. The van der Waals surface area contributed by atoms with Crippen molar-refractivity contribution in [1.82, 2.24) is 4.90 Å². The van der Waals surface area contributed by atoms with Gasteiger partial charge in [0.15, 0.2) is 0 Å². The minimum atomic E-state index is -0.602. The van der Waals surface area contributed by atoms with E-state index in [4.69, 9.17) is 4.74 Å². The molecule has 2 fully saturated rings. The number of aliphatic hydroxyl groups is 2. The number of ether oxygens (including phenoxy) is 1. The lowest BCUT2D eigenvalue weighted by Crippen LogP contribution is -2.48. The molecule has 1 aliphatic carbocycles. The predicted molar refractivity (Wildman–Crippen MR) is 84.2 cm³/mol. The Hall–Kier alpha value is -0.160. The first-order chi connectivity index (χ1) is 10.0. The van der Waals surface area contributed by atoms with Crippen LogP contribution in [0.2, 0.25) is 0 Å². The fourth-order valence-corrected chi connectivity index (χ4v) is 4.09. The Morgan fingerprint density at radius 1 is 1.24 bits per heavy atom. The van der Waals surface area contributed by atoms with Gasteiger partial charge in [0.2, 0.25) is 0 Å². The van der Waals surface area contributed by atoms with Gasteiger partial charge in [-0.25, -0.2) is 0 Å². The number of rotatable bonds is 6. The molecule has 0 aromatic heterocycles. The van der Waals surface area contributed by atoms with E-state index in [9.17, 15) is 10.2 Å². The standard InChI is InChI=1S/C17H33NO3/c1-3-4-14-5-6-16(19)15(11-14)12-18(2)13-17(20)7-9-21-10-8-17/h14-16,19-20H,3-13H2,1-2H3. The first-order valence-electron chi connectivity index (χ1n) is 8.69. The molecule has 0 spiro atoms. The van der Waals surface area contributed by atoms with E-state index < -0.39 is 5.60 Å². The van der Waals surface area contributed by atoms with Crippen molar-refractivity contribution in [3.63, 3.8) is 0 Å². The Labute approximate surface area is 129 Å². The SMILES string of the molecule is CCCC1CCC(O)C(CN(C)CC2(O)CCOCC2)C1. The number of hydrogen-bond acceptors (Lipinski definition) is 4. The largest absolute Gasteiger partial charge is 0.393 e. The van der Waals surface area contributed by atoms with E-state index in [0.717, 1.165) is 38.1 Å². The maximum Gasteiger partial charge on any atom is 0.0817 e. The van der Waals surface area contributed by atoms with Crippen LogP contribution in [0.4, 0.5) is 0 Å².